The molecule has 3 N–H and O–H groups in total. The van der Waals surface area contributed by atoms with Crippen LogP contribution >= 0.6 is 0 Å². The van der Waals surface area contributed by atoms with Crippen LogP contribution in [-0.4, -0.2) is 37.7 Å². The van der Waals surface area contributed by atoms with E-state index in [1.165, 1.54) is 0 Å². The minimum atomic E-state index is -0.178. The summed E-state index contributed by atoms with van der Waals surface area (Å²) in [6.07, 6.45) is 2.67. The Balaban J connectivity index is 1.51. The highest BCUT2D eigenvalue weighted by atomic mass is 16.5. The van der Waals surface area contributed by atoms with E-state index in [1.807, 2.05) is 43.3 Å². The summed E-state index contributed by atoms with van der Waals surface area (Å²) < 4.78 is 11.4. The van der Waals surface area contributed by atoms with Crippen LogP contribution in [0.2, 0.25) is 0 Å². The maximum Gasteiger partial charge on any atom is 0.243 e. The van der Waals surface area contributed by atoms with Crippen LogP contribution in [0.1, 0.15) is 31.7 Å². The third-order valence-corrected chi connectivity index (χ3v) is 4.95. The van der Waals surface area contributed by atoms with Gasteiger partial charge in [0.1, 0.15) is 12.4 Å². The fourth-order valence-corrected chi connectivity index (χ4v) is 3.18. The molecule has 1 fully saturated rings. The van der Waals surface area contributed by atoms with E-state index in [-0.39, 0.29) is 24.5 Å². The van der Waals surface area contributed by atoms with Crippen LogP contribution in [0.15, 0.2) is 42.5 Å². The van der Waals surface area contributed by atoms with Gasteiger partial charge in [0.25, 0.3) is 0 Å². The van der Waals surface area contributed by atoms with E-state index in [9.17, 15) is 9.59 Å². The second-order valence-corrected chi connectivity index (χ2v) is 7.26. The third kappa shape index (κ3) is 6.22. The summed E-state index contributed by atoms with van der Waals surface area (Å²) >= 11 is 0. The van der Waals surface area contributed by atoms with Gasteiger partial charge in [-0.3, -0.25) is 9.59 Å². The fraction of sp³-hybridized carbons (Fsp3) is 0.391. The number of carbonyl (C=O) groups is 2. The molecule has 0 aromatic heterocycles. The average molecular weight is 412 g/mol. The molecule has 0 radical (unpaired) electrons. The van der Waals surface area contributed by atoms with E-state index in [0.717, 1.165) is 36.4 Å². The number of nitrogens with one attached hydrogen (secondary N) is 3. The maximum absolute atomic E-state index is 12.4. The number of ether oxygens (including phenoxy) is 2. The van der Waals surface area contributed by atoms with E-state index in [0.29, 0.717) is 24.4 Å². The molecule has 30 heavy (non-hydrogen) atoms. The molecule has 0 saturated carbocycles. The first kappa shape index (κ1) is 21.6. The Bertz CT molecular complexity index is 879. The summed E-state index contributed by atoms with van der Waals surface area (Å²) in [6.45, 7) is 5.11. The number of rotatable bonds is 9. The lowest BCUT2D eigenvalue weighted by Gasteiger charge is -2.14. The van der Waals surface area contributed by atoms with Crippen molar-refractivity contribution in [3.8, 4) is 5.75 Å². The molecular weight excluding hydrogens is 382 g/mol. The lowest BCUT2D eigenvalue weighted by Crippen LogP contribution is -2.22. The smallest absolute Gasteiger partial charge is 0.243 e. The molecule has 7 heteroatoms. The number of anilines is 3. The topological polar surface area (TPSA) is 88.7 Å². The van der Waals surface area contributed by atoms with Crippen LogP contribution in [0.5, 0.6) is 5.75 Å². The van der Waals surface area contributed by atoms with Crippen molar-refractivity contribution in [3.05, 3.63) is 48.0 Å². The molecule has 7 nitrogen and oxygen atoms in total. The van der Waals surface area contributed by atoms with E-state index in [4.69, 9.17) is 9.47 Å². The standard InChI is InChI=1S/C23H29N3O4/c1-3-22(27)25-20-10-5-11-21(16(20)2)26-23(28)14-24-17-7-4-8-18(13-17)30-15-19-9-6-12-29-19/h4-5,7-8,10-11,13,19,24H,3,6,9,12,14-15H2,1-2H3,(H,25,27)(H,26,28). The van der Waals surface area contributed by atoms with E-state index >= 15 is 0 Å². The molecule has 2 aromatic rings. The van der Waals surface area contributed by atoms with Crippen LogP contribution in [0, 0.1) is 6.92 Å². The van der Waals surface area contributed by atoms with Gasteiger partial charge in [0.05, 0.1) is 12.6 Å². The Morgan fingerprint density at radius 2 is 1.83 bits per heavy atom. The molecule has 0 spiro atoms. The molecule has 1 heterocycles. The average Bonchev–Trinajstić information content (AvgIpc) is 3.27. The number of hydrogen-bond donors (Lipinski definition) is 3. The first-order valence-corrected chi connectivity index (χ1v) is 10.3. The van der Waals surface area contributed by atoms with Crippen molar-refractivity contribution in [1.29, 1.82) is 0 Å². The highest BCUT2D eigenvalue weighted by Gasteiger charge is 2.16. The van der Waals surface area contributed by atoms with Crippen molar-refractivity contribution < 1.29 is 19.1 Å². The van der Waals surface area contributed by atoms with Crippen molar-refractivity contribution in [3.63, 3.8) is 0 Å². The third-order valence-electron chi connectivity index (χ3n) is 4.95. The zero-order chi connectivity index (χ0) is 21.3. The molecule has 1 aliphatic rings. The zero-order valence-electron chi connectivity index (χ0n) is 17.5. The molecule has 1 aliphatic heterocycles. The molecule has 1 unspecified atom stereocenters. The van der Waals surface area contributed by atoms with E-state index in [1.54, 1.807) is 13.0 Å². The minimum absolute atomic E-state index is 0.0650. The highest BCUT2D eigenvalue weighted by molar-refractivity contribution is 5.97. The first-order chi connectivity index (χ1) is 14.5. The number of amides is 2. The SMILES string of the molecule is CCC(=O)Nc1cccc(NC(=O)CNc2cccc(OCC3CCCO3)c2)c1C. The van der Waals surface area contributed by atoms with Crippen molar-refractivity contribution in [2.45, 2.75) is 39.2 Å². The van der Waals surface area contributed by atoms with Crippen LogP contribution < -0.4 is 20.7 Å². The highest BCUT2D eigenvalue weighted by Crippen LogP contribution is 2.24. The number of benzene rings is 2. The van der Waals surface area contributed by atoms with Crippen molar-refractivity contribution in [1.82, 2.24) is 0 Å². The van der Waals surface area contributed by atoms with Crippen LogP contribution in [0.4, 0.5) is 17.1 Å². The van der Waals surface area contributed by atoms with Gasteiger partial charge in [0.2, 0.25) is 11.8 Å². The first-order valence-electron chi connectivity index (χ1n) is 10.3. The normalized spacial score (nSPS) is 15.5. The largest absolute Gasteiger partial charge is 0.491 e. The van der Waals surface area contributed by atoms with Crippen LogP contribution in [0.25, 0.3) is 0 Å². The van der Waals surface area contributed by atoms with Crippen LogP contribution in [-0.2, 0) is 14.3 Å². The Morgan fingerprint density at radius 1 is 1.10 bits per heavy atom. The van der Waals surface area contributed by atoms with Gasteiger partial charge in [0.15, 0.2) is 0 Å². The van der Waals surface area contributed by atoms with E-state index < -0.39 is 0 Å². The summed E-state index contributed by atoms with van der Waals surface area (Å²) in [4.78, 5) is 24.1. The second-order valence-electron chi connectivity index (χ2n) is 7.26. The Morgan fingerprint density at radius 3 is 2.53 bits per heavy atom. The minimum Gasteiger partial charge on any atom is -0.491 e. The fourth-order valence-electron chi connectivity index (χ4n) is 3.18. The van der Waals surface area contributed by atoms with Gasteiger partial charge >= 0.3 is 0 Å². The summed E-state index contributed by atoms with van der Waals surface area (Å²) in [5.74, 6) is 0.499. The number of hydrogen-bond acceptors (Lipinski definition) is 5. The van der Waals surface area contributed by atoms with Crippen molar-refractivity contribution >= 4 is 28.9 Å². The van der Waals surface area contributed by atoms with Crippen LogP contribution in [0.3, 0.4) is 0 Å². The predicted molar refractivity (Wildman–Crippen MR) is 118 cm³/mol. The van der Waals surface area contributed by atoms with Gasteiger partial charge < -0.3 is 25.4 Å². The molecule has 1 saturated heterocycles. The molecule has 2 aromatic carbocycles. The molecule has 2 amide bonds. The molecule has 0 bridgehead atoms. The van der Waals surface area contributed by atoms with Gasteiger partial charge in [-0.2, -0.15) is 0 Å². The zero-order valence-corrected chi connectivity index (χ0v) is 17.5. The Labute approximate surface area is 177 Å². The van der Waals surface area contributed by atoms with Gasteiger partial charge in [-0.15, -0.1) is 0 Å². The quantitative estimate of drug-likeness (QED) is 0.581. The molecule has 1 atom stereocenters. The van der Waals surface area contributed by atoms with Gasteiger partial charge in [0, 0.05) is 36.2 Å². The maximum atomic E-state index is 12.4. The summed E-state index contributed by atoms with van der Waals surface area (Å²) in [5.41, 5.74) is 2.99. The van der Waals surface area contributed by atoms with Crippen molar-refractivity contribution in [2.75, 3.05) is 35.7 Å². The van der Waals surface area contributed by atoms with Crippen molar-refractivity contribution in [2.24, 2.45) is 0 Å². The lowest BCUT2D eigenvalue weighted by molar-refractivity contribution is -0.116. The molecule has 160 valence electrons. The van der Waals surface area contributed by atoms with Gasteiger partial charge in [-0.1, -0.05) is 19.1 Å². The number of carbonyl (C=O) groups excluding carboxylic acids is 2. The summed E-state index contributed by atoms with van der Waals surface area (Å²) in [5, 5.41) is 8.84. The molecule has 0 aliphatic carbocycles. The second kappa shape index (κ2) is 10.6. The molecular formula is C23H29N3O4. The predicted octanol–water partition coefficient (Wildman–Crippen LogP) is 3.95. The van der Waals surface area contributed by atoms with Gasteiger partial charge in [-0.05, 0) is 49.6 Å². The monoisotopic (exact) mass is 411 g/mol. The Kier molecular flexibility index (Phi) is 7.68. The Hall–Kier alpha value is -3.06. The van der Waals surface area contributed by atoms with Gasteiger partial charge in [-0.25, -0.2) is 0 Å². The lowest BCUT2D eigenvalue weighted by atomic mass is 10.1. The summed E-state index contributed by atoms with van der Waals surface area (Å²) in [6, 6.07) is 13.0. The summed E-state index contributed by atoms with van der Waals surface area (Å²) in [7, 11) is 0. The van der Waals surface area contributed by atoms with E-state index in [2.05, 4.69) is 16.0 Å². The molecule has 3 rings (SSSR count).